The second-order valence-electron chi connectivity index (χ2n) is 8.85. The molecule has 3 aromatic rings. The molecule has 0 radical (unpaired) electrons. The number of hydrogen-bond donors (Lipinski definition) is 3. The van der Waals surface area contributed by atoms with E-state index in [-0.39, 0.29) is 12.5 Å². The van der Waals surface area contributed by atoms with Gasteiger partial charge < -0.3 is 16.0 Å². The molecule has 4 atom stereocenters. The molecule has 0 saturated heterocycles. The fourth-order valence-electron chi connectivity index (χ4n) is 5.01. The summed E-state index contributed by atoms with van der Waals surface area (Å²) in [6, 6.07) is 13.2. The van der Waals surface area contributed by atoms with Crippen LogP contribution in [0.1, 0.15) is 50.0 Å². The number of hydroxylamine groups is 3. The number of nitrogens with two attached hydrogens (primary N) is 1. The molecule has 0 aliphatic heterocycles. The van der Waals surface area contributed by atoms with E-state index in [1.807, 2.05) is 36.5 Å². The molecule has 1 fully saturated rings. The summed E-state index contributed by atoms with van der Waals surface area (Å²) in [5.74, 6) is 0.640. The maximum Gasteiger partial charge on any atom is 0.293 e. The van der Waals surface area contributed by atoms with E-state index < -0.39 is 16.6 Å². The summed E-state index contributed by atoms with van der Waals surface area (Å²) in [4.78, 5) is 12.8. The summed E-state index contributed by atoms with van der Waals surface area (Å²) in [7, 11) is 1.00. The molecule has 1 saturated carbocycles. The molecule has 4 unspecified atom stereocenters. The number of guanidine groups is 1. The van der Waals surface area contributed by atoms with Gasteiger partial charge in [-0.2, -0.15) is 0 Å². The lowest BCUT2D eigenvalue weighted by atomic mass is 9.75. The normalized spacial score (nSPS) is 20.4. The van der Waals surface area contributed by atoms with Crippen LogP contribution in [-0.4, -0.2) is 37.8 Å². The molecule has 180 valence electrons. The van der Waals surface area contributed by atoms with Crippen LogP contribution in [0.5, 0.6) is 0 Å². The number of quaternary nitrogens is 1. The van der Waals surface area contributed by atoms with Crippen LogP contribution in [0.4, 0.5) is 0 Å². The minimum absolute atomic E-state index is 0.0666. The standard InChI is InChI=1S/C25H30N6O.CH4O/c1-18-6-2-8-20(14-18)24(31(32,25(26)27)17-23-29-12-5-13-30-23)21-9-3-7-19(15-21)22-10-4-11-28-16-22;1-2/h3-5,7,9-13,15-16,18,20,24H,2,6,8,14,17H2,1H3,(H3,26,27);2H,1H3. The van der Waals surface area contributed by atoms with Gasteiger partial charge in [-0.3, -0.25) is 9.63 Å². The molecular weight excluding hydrogens is 428 g/mol. The third-order valence-corrected chi connectivity index (χ3v) is 6.50. The molecule has 34 heavy (non-hydrogen) atoms. The Morgan fingerprint density at radius 3 is 2.50 bits per heavy atom. The van der Waals surface area contributed by atoms with Crippen LogP contribution in [0.2, 0.25) is 0 Å². The first-order chi connectivity index (χ1) is 16.5. The SMILES string of the molecule is CC1CCCC(C(c2cccc(-c3cccnc3)c2)[N+]([O-])(Cc2ncccn2)C(=N)N)C1.CO. The first-order valence-electron chi connectivity index (χ1n) is 11.6. The van der Waals surface area contributed by atoms with Gasteiger partial charge in [0, 0.05) is 43.4 Å². The Labute approximate surface area is 201 Å². The maximum atomic E-state index is 14.4. The van der Waals surface area contributed by atoms with Gasteiger partial charge in [-0.1, -0.05) is 44.0 Å². The summed E-state index contributed by atoms with van der Waals surface area (Å²) < 4.78 is -0.974. The highest BCUT2D eigenvalue weighted by atomic mass is 16.6. The first kappa shape index (κ1) is 25.4. The Bertz CT molecular complexity index is 1050. The Kier molecular flexibility index (Phi) is 8.81. The highest BCUT2D eigenvalue weighted by Crippen LogP contribution is 2.44. The summed E-state index contributed by atoms with van der Waals surface area (Å²) in [6.07, 6.45) is 10.9. The first-order valence-corrected chi connectivity index (χ1v) is 11.6. The van der Waals surface area contributed by atoms with E-state index in [0.717, 1.165) is 43.1 Å². The zero-order valence-electron chi connectivity index (χ0n) is 19.8. The van der Waals surface area contributed by atoms with E-state index in [2.05, 4.69) is 27.9 Å². The minimum atomic E-state index is -0.974. The van der Waals surface area contributed by atoms with Crippen LogP contribution < -0.4 is 5.73 Å². The number of aromatic nitrogens is 3. The molecule has 2 heterocycles. The largest absolute Gasteiger partial charge is 0.624 e. The summed E-state index contributed by atoms with van der Waals surface area (Å²) in [6.45, 7) is 2.17. The predicted molar refractivity (Wildman–Crippen MR) is 133 cm³/mol. The molecule has 0 bridgehead atoms. The molecule has 1 aromatic carbocycles. The van der Waals surface area contributed by atoms with Crippen molar-refractivity contribution in [2.75, 3.05) is 7.11 Å². The molecule has 4 N–H and O–H groups in total. The monoisotopic (exact) mass is 462 g/mol. The van der Waals surface area contributed by atoms with Crippen LogP contribution in [0.25, 0.3) is 11.1 Å². The highest BCUT2D eigenvalue weighted by Gasteiger charge is 2.42. The van der Waals surface area contributed by atoms with Crippen LogP contribution in [-0.2, 0) is 6.54 Å². The lowest BCUT2D eigenvalue weighted by Crippen LogP contribution is -2.55. The molecule has 0 amide bonds. The predicted octanol–water partition coefficient (Wildman–Crippen LogP) is 4.42. The molecule has 8 heteroatoms. The van der Waals surface area contributed by atoms with Crippen molar-refractivity contribution < 1.29 is 9.75 Å². The van der Waals surface area contributed by atoms with Gasteiger partial charge in [0.15, 0.2) is 5.82 Å². The van der Waals surface area contributed by atoms with Gasteiger partial charge in [0.1, 0.15) is 12.6 Å². The van der Waals surface area contributed by atoms with Crippen molar-refractivity contribution in [2.45, 2.75) is 45.2 Å². The quantitative estimate of drug-likeness (QED) is 0.215. The maximum absolute atomic E-state index is 14.4. The van der Waals surface area contributed by atoms with Gasteiger partial charge in [0.05, 0.1) is 0 Å². The van der Waals surface area contributed by atoms with Crippen molar-refractivity contribution in [3.8, 4) is 11.1 Å². The topological polar surface area (TPSA) is 132 Å². The number of pyridine rings is 1. The van der Waals surface area contributed by atoms with Crippen molar-refractivity contribution in [1.82, 2.24) is 15.0 Å². The van der Waals surface area contributed by atoms with E-state index >= 15 is 0 Å². The minimum Gasteiger partial charge on any atom is -0.624 e. The zero-order valence-corrected chi connectivity index (χ0v) is 19.8. The Balaban J connectivity index is 0.00000158. The van der Waals surface area contributed by atoms with Crippen LogP contribution in [0, 0.1) is 22.5 Å². The van der Waals surface area contributed by atoms with Gasteiger partial charge in [-0.05, 0) is 48.1 Å². The van der Waals surface area contributed by atoms with E-state index in [4.69, 9.17) is 16.2 Å². The number of aliphatic hydroxyl groups excluding tert-OH is 1. The number of benzene rings is 1. The van der Waals surface area contributed by atoms with Crippen molar-refractivity contribution in [3.05, 3.63) is 83.8 Å². The van der Waals surface area contributed by atoms with Crippen molar-refractivity contribution >= 4 is 5.96 Å². The Morgan fingerprint density at radius 2 is 1.85 bits per heavy atom. The average molecular weight is 463 g/mol. The molecule has 1 aliphatic rings. The second kappa shape index (κ2) is 11.8. The van der Waals surface area contributed by atoms with Gasteiger partial charge >= 0.3 is 0 Å². The van der Waals surface area contributed by atoms with E-state index in [9.17, 15) is 5.21 Å². The number of rotatable bonds is 6. The number of hydrogen-bond acceptors (Lipinski definition) is 6. The van der Waals surface area contributed by atoms with E-state index in [0.29, 0.717) is 11.7 Å². The van der Waals surface area contributed by atoms with Crippen molar-refractivity contribution in [1.29, 1.82) is 5.41 Å². The Morgan fingerprint density at radius 1 is 1.12 bits per heavy atom. The van der Waals surface area contributed by atoms with E-state index in [1.165, 1.54) is 6.42 Å². The molecule has 8 nitrogen and oxygen atoms in total. The Hall–Kier alpha value is -3.20. The smallest absolute Gasteiger partial charge is 0.293 e. The molecular formula is C26H34N6O2. The summed E-state index contributed by atoms with van der Waals surface area (Å²) in [5.41, 5.74) is 8.91. The lowest BCUT2D eigenvalue weighted by Gasteiger charge is -2.50. The zero-order chi connectivity index (χ0) is 24.6. The van der Waals surface area contributed by atoms with Crippen LogP contribution in [0.3, 0.4) is 0 Å². The summed E-state index contributed by atoms with van der Waals surface area (Å²) >= 11 is 0. The third kappa shape index (κ3) is 5.83. The second-order valence-corrected chi connectivity index (χ2v) is 8.85. The fraction of sp³-hybridized carbons (Fsp3) is 0.385. The van der Waals surface area contributed by atoms with Crippen molar-refractivity contribution in [3.63, 3.8) is 0 Å². The molecule has 1 aliphatic carbocycles. The van der Waals surface area contributed by atoms with Gasteiger partial charge in [-0.15, -0.1) is 0 Å². The number of nitrogens with one attached hydrogen (secondary N) is 1. The van der Waals surface area contributed by atoms with Gasteiger partial charge in [-0.25, -0.2) is 15.4 Å². The third-order valence-electron chi connectivity index (χ3n) is 6.50. The van der Waals surface area contributed by atoms with Crippen molar-refractivity contribution in [2.24, 2.45) is 17.6 Å². The molecule has 0 spiro atoms. The van der Waals surface area contributed by atoms with E-state index in [1.54, 1.807) is 24.7 Å². The van der Waals surface area contributed by atoms with Gasteiger partial charge in [0.25, 0.3) is 5.96 Å². The number of nitrogens with zero attached hydrogens (tertiary/aromatic N) is 4. The molecule has 2 aromatic heterocycles. The average Bonchev–Trinajstić information content (AvgIpc) is 2.87. The molecule has 4 rings (SSSR count). The highest BCUT2D eigenvalue weighted by molar-refractivity contribution is 5.68. The fourth-order valence-corrected chi connectivity index (χ4v) is 5.01. The van der Waals surface area contributed by atoms with Crippen LogP contribution >= 0.6 is 0 Å². The summed E-state index contributed by atoms with van der Waals surface area (Å²) in [5, 5.41) is 29.8. The lowest BCUT2D eigenvalue weighted by molar-refractivity contribution is -0.846. The number of aliphatic hydroxyl groups is 1. The van der Waals surface area contributed by atoms with Crippen LogP contribution in [0.15, 0.2) is 67.3 Å². The van der Waals surface area contributed by atoms with Gasteiger partial charge in [0.2, 0.25) is 0 Å².